The summed E-state index contributed by atoms with van der Waals surface area (Å²) < 4.78 is 4.38. The number of fused-ring (bicyclic) bond motifs is 6. The summed E-state index contributed by atoms with van der Waals surface area (Å²) in [4.78, 5) is 10.3. The Morgan fingerprint density at radius 1 is 0.266 bits per heavy atom. The van der Waals surface area contributed by atoms with Crippen molar-refractivity contribution < 1.29 is 0 Å². The second kappa shape index (κ2) is 14.5. The number of hydrogen-bond acceptors (Lipinski definition) is 2. The summed E-state index contributed by atoms with van der Waals surface area (Å²) in [5.41, 5.74) is 15.4. The molecule has 0 radical (unpaired) electrons. The van der Waals surface area contributed by atoms with Crippen molar-refractivity contribution in [3.8, 4) is 67.3 Å². The van der Waals surface area contributed by atoms with E-state index in [2.05, 4.69) is 227 Å². The number of aromatic nitrogens is 4. The van der Waals surface area contributed by atoms with Gasteiger partial charge in [0.2, 0.25) is 0 Å². The second-order valence-corrected chi connectivity index (χ2v) is 16.6. The normalized spacial score (nSPS) is 11.8. The molecule has 0 aliphatic carbocycles. The second-order valence-electron chi connectivity index (χ2n) is 16.6. The van der Waals surface area contributed by atoms with Crippen LogP contribution in [-0.2, 0) is 0 Å². The SMILES string of the molecule is c1ccc(-c2c(-c3ccc4cc(-c5c6ccccc6c(-c6ccc7cc(-c8nc9ccccn9c8-c8ccccc8)ccc7c6)c6ccccc56)ccc4c3)nc3ccccn23)cc1. The van der Waals surface area contributed by atoms with Gasteiger partial charge in [0.15, 0.2) is 0 Å². The maximum absolute atomic E-state index is 5.15. The predicted octanol–water partition coefficient (Wildman–Crippen LogP) is 15.6. The van der Waals surface area contributed by atoms with Crippen LogP contribution in [-0.4, -0.2) is 18.8 Å². The average molecular weight is 815 g/mol. The van der Waals surface area contributed by atoms with Crippen molar-refractivity contribution in [3.63, 3.8) is 0 Å². The predicted molar refractivity (Wildman–Crippen MR) is 267 cm³/mol. The lowest BCUT2D eigenvalue weighted by atomic mass is 9.85. The molecule has 0 saturated carbocycles. The molecular weight excluding hydrogens is 777 g/mol. The van der Waals surface area contributed by atoms with E-state index in [0.29, 0.717) is 0 Å². The highest BCUT2D eigenvalue weighted by molar-refractivity contribution is 6.22. The van der Waals surface area contributed by atoms with E-state index >= 15 is 0 Å². The topological polar surface area (TPSA) is 34.6 Å². The van der Waals surface area contributed by atoms with E-state index in [0.717, 1.165) is 56.3 Å². The number of rotatable bonds is 6. The van der Waals surface area contributed by atoms with Gasteiger partial charge in [-0.1, -0.05) is 170 Å². The summed E-state index contributed by atoms with van der Waals surface area (Å²) in [6.45, 7) is 0. The fourth-order valence-corrected chi connectivity index (χ4v) is 9.99. The van der Waals surface area contributed by atoms with Crippen LogP contribution in [0.15, 0.2) is 231 Å². The third-order valence-electron chi connectivity index (χ3n) is 12.9. The van der Waals surface area contributed by atoms with Crippen molar-refractivity contribution in [1.82, 2.24) is 18.8 Å². The van der Waals surface area contributed by atoms with Crippen molar-refractivity contribution in [2.45, 2.75) is 0 Å². The van der Waals surface area contributed by atoms with E-state index in [1.807, 2.05) is 12.1 Å². The number of imidazole rings is 2. The minimum Gasteiger partial charge on any atom is -0.299 e. The van der Waals surface area contributed by atoms with Crippen LogP contribution in [0.25, 0.3) is 122 Å². The molecule has 0 amide bonds. The molecule has 0 unspecified atom stereocenters. The summed E-state index contributed by atoms with van der Waals surface area (Å²) in [6, 6.07) is 78.7. The number of hydrogen-bond donors (Lipinski definition) is 0. The van der Waals surface area contributed by atoms with Crippen molar-refractivity contribution in [1.29, 1.82) is 0 Å². The van der Waals surface area contributed by atoms with Crippen LogP contribution >= 0.6 is 0 Å². The molecule has 9 aromatic carbocycles. The van der Waals surface area contributed by atoms with Gasteiger partial charge < -0.3 is 0 Å². The number of nitrogens with zero attached hydrogens (tertiary/aromatic N) is 4. The van der Waals surface area contributed by atoms with Gasteiger partial charge in [-0.15, -0.1) is 0 Å². The van der Waals surface area contributed by atoms with Gasteiger partial charge in [0.25, 0.3) is 0 Å². The highest BCUT2D eigenvalue weighted by Crippen LogP contribution is 2.45. The molecule has 0 N–H and O–H groups in total. The molecule has 4 aromatic heterocycles. The van der Waals surface area contributed by atoms with Gasteiger partial charge in [-0.05, 0) is 114 Å². The molecule has 13 aromatic rings. The molecule has 4 heteroatoms. The third kappa shape index (κ3) is 5.77. The Balaban J connectivity index is 0.920. The van der Waals surface area contributed by atoms with Crippen LogP contribution in [0.2, 0.25) is 0 Å². The molecule has 298 valence electrons. The van der Waals surface area contributed by atoms with E-state index in [4.69, 9.17) is 9.97 Å². The number of pyridine rings is 2. The largest absolute Gasteiger partial charge is 0.299 e. The fourth-order valence-electron chi connectivity index (χ4n) is 9.99. The molecule has 0 fully saturated rings. The van der Waals surface area contributed by atoms with Crippen molar-refractivity contribution in [2.75, 3.05) is 0 Å². The van der Waals surface area contributed by atoms with Crippen molar-refractivity contribution in [2.24, 2.45) is 0 Å². The quantitative estimate of drug-likeness (QED) is 0.157. The summed E-state index contributed by atoms with van der Waals surface area (Å²) in [5, 5.41) is 9.69. The van der Waals surface area contributed by atoms with Gasteiger partial charge in [-0.3, -0.25) is 8.80 Å². The van der Waals surface area contributed by atoms with E-state index in [1.165, 1.54) is 65.3 Å². The van der Waals surface area contributed by atoms with Gasteiger partial charge in [0, 0.05) is 34.6 Å². The summed E-state index contributed by atoms with van der Waals surface area (Å²) in [5.74, 6) is 0. The van der Waals surface area contributed by atoms with E-state index in [-0.39, 0.29) is 0 Å². The van der Waals surface area contributed by atoms with E-state index in [9.17, 15) is 0 Å². The molecule has 0 aliphatic heterocycles. The monoisotopic (exact) mass is 814 g/mol. The smallest absolute Gasteiger partial charge is 0.137 e. The van der Waals surface area contributed by atoms with Gasteiger partial charge in [0.05, 0.1) is 22.8 Å². The molecule has 0 aliphatic rings. The zero-order valence-electron chi connectivity index (χ0n) is 34.7. The Kier molecular flexibility index (Phi) is 8.18. The standard InChI is InChI=1S/C60H38N4/c1-3-15-39(16-4-1)59-57(61-53-23-11-13-33-63(53)59)47-31-27-41-35-45(29-25-43(41)37-47)55-49-19-7-9-21-51(49)56(52-22-10-8-20-50(52)55)46-30-26-44-38-48(32-28-42(44)36-46)58-60(40-17-5-2-6-18-40)64-34-14-12-24-54(64)62-58/h1-38H. The van der Waals surface area contributed by atoms with Crippen molar-refractivity contribution in [3.05, 3.63) is 231 Å². The molecule has 0 bridgehead atoms. The molecule has 0 saturated heterocycles. The lowest BCUT2D eigenvalue weighted by Crippen LogP contribution is -1.91. The first-order valence-corrected chi connectivity index (χ1v) is 21.8. The van der Waals surface area contributed by atoms with Crippen LogP contribution in [0, 0.1) is 0 Å². The average Bonchev–Trinajstić information content (AvgIpc) is 3.95. The van der Waals surface area contributed by atoms with E-state index < -0.39 is 0 Å². The van der Waals surface area contributed by atoms with Gasteiger partial charge >= 0.3 is 0 Å². The maximum atomic E-state index is 5.15. The molecular formula is C60H38N4. The molecule has 0 atom stereocenters. The first kappa shape index (κ1) is 36.1. The highest BCUT2D eigenvalue weighted by atomic mass is 15.0. The molecule has 4 heterocycles. The minimum atomic E-state index is 0.934. The summed E-state index contributed by atoms with van der Waals surface area (Å²) in [6.07, 6.45) is 4.20. The van der Waals surface area contributed by atoms with Gasteiger partial charge in [0.1, 0.15) is 11.3 Å². The van der Waals surface area contributed by atoms with Crippen LogP contribution in [0.1, 0.15) is 0 Å². The summed E-state index contributed by atoms with van der Waals surface area (Å²) in [7, 11) is 0. The Bertz CT molecular complexity index is 3640. The van der Waals surface area contributed by atoms with Gasteiger partial charge in [-0.2, -0.15) is 0 Å². The zero-order chi connectivity index (χ0) is 42.1. The zero-order valence-corrected chi connectivity index (χ0v) is 34.7. The molecule has 0 spiro atoms. The van der Waals surface area contributed by atoms with Gasteiger partial charge in [-0.25, -0.2) is 9.97 Å². The first-order valence-electron chi connectivity index (χ1n) is 21.8. The highest BCUT2D eigenvalue weighted by Gasteiger charge is 2.20. The first-order chi connectivity index (χ1) is 31.7. The lowest BCUT2D eigenvalue weighted by molar-refractivity contribution is 1.19. The van der Waals surface area contributed by atoms with E-state index in [1.54, 1.807) is 0 Å². The van der Waals surface area contributed by atoms with Crippen LogP contribution in [0.4, 0.5) is 0 Å². The van der Waals surface area contributed by atoms with Crippen LogP contribution in [0.5, 0.6) is 0 Å². The fraction of sp³-hybridized carbons (Fsp3) is 0. The van der Waals surface area contributed by atoms with Crippen LogP contribution < -0.4 is 0 Å². The minimum absolute atomic E-state index is 0.934. The van der Waals surface area contributed by atoms with Crippen LogP contribution in [0.3, 0.4) is 0 Å². The maximum Gasteiger partial charge on any atom is 0.137 e. The lowest BCUT2D eigenvalue weighted by Gasteiger charge is -2.18. The molecule has 64 heavy (non-hydrogen) atoms. The van der Waals surface area contributed by atoms with Crippen molar-refractivity contribution >= 4 is 54.4 Å². The number of benzene rings is 9. The summed E-state index contributed by atoms with van der Waals surface area (Å²) >= 11 is 0. The third-order valence-corrected chi connectivity index (χ3v) is 12.9. The Morgan fingerprint density at radius 3 is 0.984 bits per heavy atom. The molecule has 13 rings (SSSR count). The Morgan fingerprint density at radius 2 is 0.594 bits per heavy atom. The Labute approximate surface area is 369 Å². The molecule has 4 nitrogen and oxygen atoms in total. The Hall–Kier alpha value is -8.60.